The number of hydrogen-bond donors (Lipinski definition) is 3. The van der Waals surface area contributed by atoms with Gasteiger partial charge < -0.3 is 25.2 Å². The summed E-state index contributed by atoms with van der Waals surface area (Å²) in [5.41, 5.74) is 1.59. The van der Waals surface area contributed by atoms with Crippen LogP contribution in [0.5, 0.6) is 0 Å². The number of aliphatic hydroxyl groups is 2. The number of Topliss-reactive ketones (excluding diaryl/α,β-unsaturated/α-hetero) is 1. The highest BCUT2D eigenvalue weighted by molar-refractivity contribution is 6.14. The van der Waals surface area contributed by atoms with Crippen molar-refractivity contribution in [3.63, 3.8) is 0 Å². The van der Waals surface area contributed by atoms with Crippen LogP contribution in [0.3, 0.4) is 0 Å². The number of amides is 2. The third kappa shape index (κ3) is 5.87. The number of nitrogens with one attached hydrogen (secondary N) is 1. The van der Waals surface area contributed by atoms with Crippen molar-refractivity contribution in [2.24, 2.45) is 33.5 Å². The molecule has 3 aromatic carbocycles. The Balaban J connectivity index is 1.18. The lowest BCUT2D eigenvalue weighted by molar-refractivity contribution is -0.174. The Kier molecular flexibility index (Phi) is 9.75. The number of ketones is 1. The number of fused-ring (bicyclic) bond motifs is 1. The van der Waals surface area contributed by atoms with Gasteiger partial charge in [0.25, 0.3) is 0 Å². The number of methoxy groups -OCH3 is 1. The molecule has 3 saturated carbocycles. The largest absolute Gasteiger partial charge is 0.393 e. The molecule has 290 valence electrons. The number of carbonyl (C=O) groups excluding carboxylic acids is 2. The Bertz CT molecular complexity index is 1980. The fourth-order valence-corrected chi connectivity index (χ4v) is 12.4. The molecule has 3 N–H and O–H groups in total. The van der Waals surface area contributed by atoms with Crippen molar-refractivity contribution < 1.29 is 24.5 Å². The molecule has 0 heterocycles. The first-order valence-corrected chi connectivity index (χ1v) is 20.5. The zero-order valence-electron chi connectivity index (χ0n) is 33.0. The van der Waals surface area contributed by atoms with Gasteiger partial charge in [-0.15, -0.1) is 0 Å². The average Bonchev–Trinajstić information content (AvgIpc) is 3.47. The van der Waals surface area contributed by atoms with Crippen molar-refractivity contribution in [3.05, 3.63) is 120 Å². The van der Waals surface area contributed by atoms with Crippen molar-refractivity contribution in [1.82, 2.24) is 10.2 Å². The lowest BCUT2D eigenvalue weighted by Crippen LogP contribution is -2.67. The van der Waals surface area contributed by atoms with Crippen LogP contribution in [0.25, 0.3) is 11.1 Å². The molecule has 9 unspecified atom stereocenters. The second-order valence-corrected chi connectivity index (χ2v) is 17.9. The summed E-state index contributed by atoms with van der Waals surface area (Å²) in [5, 5.41) is 27.5. The van der Waals surface area contributed by atoms with Crippen LogP contribution in [0, 0.1) is 33.5 Å². The van der Waals surface area contributed by atoms with E-state index in [2.05, 4.69) is 49.5 Å². The summed E-state index contributed by atoms with van der Waals surface area (Å²) < 4.78 is 5.40. The van der Waals surface area contributed by atoms with E-state index >= 15 is 4.79 Å². The summed E-state index contributed by atoms with van der Waals surface area (Å²) in [6.45, 7) is 7.83. The number of urea groups is 1. The first-order chi connectivity index (χ1) is 26.4. The Morgan fingerprint density at radius 2 is 1.53 bits per heavy atom. The van der Waals surface area contributed by atoms with Crippen molar-refractivity contribution in [3.8, 4) is 11.1 Å². The van der Waals surface area contributed by atoms with E-state index < -0.39 is 27.9 Å². The van der Waals surface area contributed by atoms with E-state index in [9.17, 15) is 15.0 Å². The van der Waals surface area contributed by atoms with Crippen LogP contribution in [-0.4, -0.2) is 65.4 Å². The highest BCUT2D eigenvalue weighted by Crippen LogP contribution is 2.78. The fourth-order valence-electron chi connectivity index (χ4n) is 12.4. The predicted molar refractivity (Wildman–Crippen MR) is 216 cm³/mol. The van der Waals surface area contributed by atoms with Crippen molar-refractivity contribution in [2.45, 2.75) is 89.9 Å². The fraction of sp³-hybridized carbons (Fsp3) is 0.500. The minimum atomic E-state index is -1.17. The zero-order chi connectivity index (χ0) is 38.6. The lowest BCUT2D eigenvalue weighted by Gasteiger charge is -2.71. The van der Waals surface area contributed by atoms with Crippen molar-refractivity contribution in [2.75, 3.05) is 26.8 Å². The maximum atomic E-state index is 15.5. The number of rotatable bonds is 11. The van der Waals surface area contributed by atoms with E-state index in [-0.39, 0.29) is 41.7 Å². The maximum Gasteiger partial charge on any atom is 0.317 e. The monoisotopic (exact) mass is 742 g/mol. The molecule has 6 aliphatic carbocycles. The van der Waals surface area contributed by atoms with E-state index in [0.29, 0.717) is 38.0 Å². The maximum absolute atomic E-state index is 15.5. The quantitative estimate of drug-likeness (QED) is 0.104. The molecule has 9 atom stereocenters. The third-order valence-electron chi connectivity index (χ3n) is 15.4. The summed E-state index contributed by atoms with van der Waals surface area (Å²) in [6.07, 6.45) is 12.5. The van der Waals surface area contributed by atoms with E-state index in [1.165, 1.54) is 0 Å². The standard InChI is InChI=1S/C48H58N2O5/c1-33(34-14-7-5-8-15-34)49-43(53)50(28-13-29-55-4)32-47(54)25-22-41-45(47,3)24-21-40-44(2)23-20-36(51)30-46(44)26-27-48(40,41)39(31-46)42(52)38-19-12-11-18-37(38)35-16-9-6-10-17-35/h5-12,14-19,26-27,31,33,36,40-41,51,54H,13,20-25,28-30,32H2,1-4H3,(H,49,53). The van der Waals surface area contributed by atoms with Gasteiger partial charge in [0.05, 0.1) is 24.3 Å². The van der Waals surface area contributed by atoms with E-state index in [0.717, 1.165) is 54.4 Å². The molecule has 2 spiro atoms. The van der Waals surface area contributed by atoms with E-state index in [4.69, 9.17) is 4.74 Å². The number of ether oxygens (including phenoxy) is 1. The average molecular weight is 743 g/mol. The highest BCUT2D eigenvalue weighted by Gasteiger charge is 2.74. The molecule has 3 aromatic rings. The molecule has 0 aromatic heterocycles. The minimum Gasteiger partial charge on any atom is -0.393 e. The summed E-state index contributed by atoms with van der Waals surface area (Å²) in [4.78, 5) is 31.4. The number of aliphatic hydroxyl groups excluding tert-OH is 1. The SMILES string of the molecule is COCCCN(CC1(O)CCC2C34C=CC5(C=C3C(=O)c3ccccc3-c3ccccc3)CC(O)CCC5(C)C4CCC21C)C(=O)NC(C)c1ccccc1. The number of hydrogen-bond acceptors (Lipinski definition) is 5. The van der Waals surface area contributed by atoms with Crippen LogP contribution < -0.4 is 5.32 Å². The first-order valence-electron chi connectivity index (χ1n) is 20.5. The van der Waals surface area contributed by atoms with Gasteiger partial charge in [-0.3, -0.25) is 4.79 Å². The van der Waals surface area contributed by atoms with Gasteiger partial charge >= 0.3 is 6.03 Å². The van der Waals surface area contributed by atoms with E-state index in [1.54, 1.807) is 12.0 Å². The summed E-state index contributed by atoms with van der Waals surface area (Å²) in [5.74, 6) is 0.206. The van der Waals surface area contributed by atoms with Gasteiger partial charge in [0.2, 0.25) is 0 Å². The molecule has 55 heavy (non-hydrogen) atoms. The molecule has 0 aliphatic heterocycles. The Labute approximate surface area is 326 Å². The van der Waals surface area contributed by atoms with Crippen LogP contribution in [0.4, 0.5) is 4.79 Å². The molecular weight excluding hydrogens is 685 g/mol. The lowest BCUT2D eigenvalue weighted by atomic mass is 9.32. The molecule has 2 amide bonds. The number of allylic oxidation sites excluding steroid dienone is 4. The van der Waals surface area contributed by atoms with Crippen molar-refractivity contribution >= 4 is 11.8 Å². The first kappa shape index (κ1) is 37.9. The number of benzene rings is 3. The summed E-state index contributed by atoms with van der Waals surface area (Å²) in [6, 6.07) is 27.7. The zero-order valence-corrected chi connectivity index (χ0v) is 33.0. The van der Waals surface area contributed by atoms with Gasteiger partial charge in [0.1, 0.15) is 0 Å². The van der Waals surface area contributed by atoms with Crippen LogP contribution in [0.15, 0.2) is 109 Å². The number of nitrogens with zero attached hydrogens (tertiary/aromatic N) is 1. The molecule has 7 heteroatoms. The van der Waals surface area contributed by atoms with Crippen LogP contribution in [0.1, 0.15) is 94.1 Å². The molecule has 2 bridgehead atoms. The Hall–Kier alpha value is -4.04. The van der Waals surface area contributed by atoms with Crippen LogP contribution >= 0.6 is 0 Å². The van der Waals surface area contributed by atoms with E-state index in [1.807, 2.05) is 79.7 Å². The normalized spacial score (nSPS) is 34.9. The smallest absolute Gasteiger partial charge is 0.317 e. The second-order valence-electron chi connectivity index (χ2n) is 17.9. The van der Waals surface area contributed by atoms with Crippen LogP contribution in [-0.2, 0) is 4.74 Å². The molecule has 6 aliphatic rings. The highest BCUT2D eigenvalue weighted by atomic mass is 16.5. The van der Waals surface area contributed by atoms with Gasteiger partial charge in [-0.25, -0.2) is 4.79 Å². The summed E-state index contributed by atoms with van der Waals surface area (Å²) >= 11 is 0. The Morgan fingerprint density at radius 1 is 0.873 bits per heavy atom. The van der Waals surface area contributed by atoms with Gasteiger partial charge in [-0.2, -0.15) is 0 Å². The molecule has 7 nitrogen and oxygen atoms in total. The minimum absolute atomic E-state index is 0.0202. The Morgan fingerprint density at radius 3 is 2.27 bits per heavy atom. The molecule has 0 radical (unpaired) electrons. The van der Waals surface area contributed by atoms with Gasteiger partial charge in [-0.05, 0) is 92.2 Å². The molecule has 0 saturated heterocycles. The third-order valence-corrected chi connectivity index (χ3v) is 15.4. The van der Waals surface area contributed by atoms with Gasteiger partial charge in [0, 0.05) is 47.6 Å². The number of carbonyl (C=O) groups is 2. The predicted octanol–water partition coefficient (Wildman–Crippen LogP) is 8.94. The second kappa shape index (κ2) is 14.2. The summed E-state index contributed by atoms with van der Waals surface area (Å²) in [7, 11) is 1.67. The topological polar surface area (TPSA) is 99.1 Å². The molecule has 3 fully saturated rings. The van der Waals surface area contributed by atoms with Crippen molar-refractivity contribution in [1.29, 1.82) is 0 Å². The molecule has 9 rings (SSSR count). The van der Waals surface area contributed by atoms with Crippen LogP contribution in [0.2, 0.25) is 0 Å². The van der Waals surface area contributed by atoms with Gasteiger partial charge in [-0.1, -0.05) is 117 Å². The van der Waals surface area contributed by atoms with Gasteiger partial charge in [0.15, 0.2) is 5.78 Å². The molecular formula is C48H58N2O5.